The van der Waals surface area contributed by atoms with E-state index in [-0.39, 0.29) is 5.56 Å². The lowest BCUT2D eigenvalue weighted by molar-refractivity contribution is 0.00812. The van der Waals surface area contributed by atoms with Gasteiger partial charge in [-0.15, -0.1) is 11.3 Å². The van der Waals surface area contributed by atoms with Gasteiger partial charge in [0, 0.05) is 37.1 Å². The molecular formula is C23H30N4O5S. The van der Waals surface area contributed by atoms with Gasteiger partial charge in [0.15, 0.2) is 11.5 Å². The Morgan fingerprint density at radius 1 is 1.27 bits per heavy atom. The molecule has 1 aromatic carbocycles. The molecule has 0 aliphatic carbocycles. The molecule has 3 aromatic rings. The molecule has 2 aromatic heterocycles. The molecule has 10 heteroatoms. The first-order chi connectivity index (χ1) is 16.0. The number of thiophene rings is 1. The summed E-state index contributed by atoms with van der Waals surface area (Å²) in [5.74, 6) is 1.82. The van der Waals surface area contributed by atoms with Crippen LogP contribution in [0.1, 0.15) is 5.82 Å². The van der Waals surface area contributed by atoms with Crippen molar-refractivity contribution in [3.05, 3.63) is 39.8 Å². The van der Waals surface area contributed by atoms with Crippen molar-refractivity contribution in [3.8, 4) is 22.6 Å². The van der Waals surface area contributed by atoms with Crippen molar-refractivity contribution in [2.24, 2.45) is 0 Å². The minimum absolute atomic E-state index is 0.177. The number of nitrogens with one attached hydrogen (secondary N) is 1. The highest BCUT2D eigenvalue weighted by Gasteiger charge is 2.18. The number of aliphatic hydroxyl groups is 1. The van der Waals surface area contributed by atoms with Crippen molar-refractivity contribution < 1.29 is 19.3 Å². The first-order valence-electron chi connectivity index (χ1n) is 10.9. The van der Waals surface area contributed by atoms with Crippen LogP contribution in [0.15, 0.2) is 28.4 Å². The number of nitrogens with zero attached hydrogens (tertiary/aromatic N) is 3. The fourth-order valence-corrected chi connectivity index (χ4v) is 5.07. The van der Waals surface area contributed by atoms with Gasteiger partial charge < -0.3 is 24.3 Å². The summed E-state index contributed by atoms with van der Waals surface area (Å²) in [5, 5.41) is 13.0. The van der Waals surface area contributed by atoms with Crippen LogP contribution in [-0.2, 0) is 11.3 Å². The molecule has 4 rings (SSSR count). The molecule has 0 amide bonds. The summed E-state index contributed by atoms with van der Waals surface area (Å²) in [6.45, 7) is 4.63. The van der Waals surface area contributed by atoms with E-state index in [0.29, 0.717) is 60.4 Å². The predicted octanol–water partition coefficient (Wildman–Crippen LogP) is 1.79. The molecule has 1 aliphatic rings. The van der Waals surface area contributed by atoms with Crippen LogP contribution in [0.2, 0.25) is 0 Å². The lowest BCUT2D eigenvalue weighted by atomic mass is 10.1. The number of benzene rings is 1. The maximum Gasteiger partial charge on any atom is 0.260 e. The molecule has 1 atom stereocenters. The van der Waals surface area contributed by atoms with Gasteiger partial charge in [-0.25, -0.2) is 4.98 Å². The van der Waals surface area contributed by atoms with Crippen LogP contribution in [0.5, 0.6) is 11.5 Å². The van der Waals surface area contributed by atoms with E-state index < -0.39 is 6.10 Å². The Labute approximate surface area is 196 Å². The number of rotatable bonds is 9. The second kappa shape index (κ2) is 10.6. The van der Waals surface area contributed by atoms with Crippen molar-refractivity contribution in [2.45, 2.75) is 12.6 Å². The second-order valence-corrected chi connectivity index (χ2v) is 9.03. The minimum atomic E-state index is -0.484. The lowest BCUT2D eigenvalue weighted by Crippen LogP contribution is -2.44. The van der Waals surface area contributed by atoms with Gasteiger partial charge in [-0.1, -0.05) is 6.07 Å². The summed E-state index contributed by atoms with van der Waals surface area (Å²) in [7, 11) is 5.09. The van der Waals surface area contributed by atoms with E-state index in [1.54, 1.807) is 14.2 Å². The second-order valence-electron chi connectivity index (χ2n) is 8.18. The van der Waals surface area contributed by atoms with Crippen LogP contribution in [0.4, 0.5) is 0 Å². The highest BCUT2D eigenvalue weighted by atomic mass is 32.1. The number of β-amino-alcohol motifs (C(OH)–C–C–N with tert-alkyl or cyclic N) is 1. The number of H-pyrrole nitrogens is 1. The van der Waals surface area contributed by atoms with Crippen LogP contribution in [-0.4, -0.2) is 91.6 Å². The zero-order chi connectivity index (χ0) is 23.4. The number of fused-ring (bicyclic) bond motifs is 1. The molecule has 2 N–H and O–H groups in total. The first kappa shape index (κ1) is 23.7. The molecule has 0 unspecified atom stereocenters. The van der Waals surface area contributed by atoms with E-state index in [1.807, 2.05) is 35.5 Å². The number of morpholine rings is 1. The standard InChI is InChI=1S/C23H30N4O5S/c1-26(11-16(28)12-27-6-8-32-9-7-27)13-20-24-22(29)21-17(14-33-23(21)25-20)15-4-5-18(30-2)19(10-15)31-3/h4-5,10,14,16,28H,6-9,11-13H2,1-3H3,(H,24,25,29)/t16-/m0/s1. The number of likely N-dealkylation sites (N-methyl/N-ethyl adjacent to an activating group) is 1. The molecule has 33 heavy (non-hydrogen) atoms. The number of ether oxygens (including phenoxy) is 3. The SMILES string of the molecule is COc1ccc(-c2csc3nc(CN(C)C[C@H](O)CN4CCOCC4)[nH]c(=O)c23)cc1OC. The Hall–Kier alpha value is -2.50. The molecule has 0 saturated carbocycles. The maximum absolute atomic E-state index is 13.0. The quantitative estimate of drug-likeness (QED) is 0.484. The topological polar surface area (TPSA) is 100 Å². The van der Waals surface area contributed by atoms with Gasteiger partial charge in [-0.2, -0.15) is 0 Å². The smallest absolute Gasteiger partial charge is 0.260 e. The van der Waals surface area contributed by atoms with Gasteiger partial charge in [-0.05, 0) is 24.7 Å². The molecule has 3 heterocycles. The van der Waals surface area contributed by atoms with Crippen LogP contribution in [0.3, 0.4) is 0 Å². The Morgan fingerprint density at radius 2 is 2.03 bits per heavy atom. The Bertz CT molecular complexity index is 1140. The summed E-state index contributed by atoms with van der Waals surface area (Å²) < 4.78 is 16.1. The van der Waals surface area contributed by atoms with Crippen molar-refractivity contribution >= 4 is 21.6 Å². The van der Waals surface area contributed by atoms with Crippen molar-refractivity contribution in [1.29, 1.82) is 0 Å². The number of hydrogen-bond acceptors (Lipinski definition) is 9. The summed E-state index contributed by atoms with van der Waals surface area (Å²) in [6.07, 6.45) is -0.484. The van der Waals surface area contributed by atoms with E-state index in [9.17, 15) is 9.90 Å². The molecule has 178 valence electrons. The van der Waals surface area contributed by atoms with E-state index >= 15 is 0 Å². The fraction of sp³-hybridized carbons (Fsp3) is 0.478. The average Bonchev–Trinajstić information content (AvgIpc) is 3.23. The Kier molecular flexibility index (Phi) is 7.61. The fourth-order valence-electron chi connectivity index (χ4n) is 4.10. The van der Waals surface area contributed by atoms with E-state index in [2.05, 4.69) is 14.9 Å². The molecule has 0 spiro atoms. The summed E-state index contributed by atoms with van der Waals surface area (Å²) >= 11 is 1.44. The molecule has 1 saturated heterocycles. The van der Waals surface area contributed by atoms with Crippen molar-refractivity contribution in [1.82, 2.24) is 19.8 Å². The number of aromatic amines is 1. The summed E-state index contributed by atoms with van der Waals surface area (Å²) in [4.78, 5) is 25.4. The highest BCUT2D eigenvalue weighted by Crippen LogP contribution is 2.36. The number of methoxy groups -OCH3 is 2. The van der Waals surface area contributed by atoms with Gasteiger partial charge in [-0.3, -0.25) is 14.6 Å². The highest BCUT2D eigenvalue weighted by molar-refractivity contribution is 7.17. The van der Waals surface area contributed by atoms with Gasteiger partial charge in [0.25, 0.3) is 5.56 Å². The van der Waals surface area contributed by atoms with Gasteiger partial charge in [0.05, 0.1) is 45.5 Å². The number of hydrogen-bond donors (Lipinski definition) is 2. The van der Waals surface area contributed by atoms with E-state index in [0.717, 1.165) is 24.2 Å². The predicted molar refractivity (Wildman–Crippen MR) is 128 cm³/mol. The largest absolute Gasteiger partial charge is 0.493 e. The number of aliphatic hydroxyl groups excluding tert-OH is 1. The van der Waals surface area contributed by atoms with Gasteiger partial charge in [0.2, 0.25) is 0 Å². The average molecular weight is 475 g/mol. The molecule has 1 aliphatic heterocycles. The normalized spacial score (nSPS) is 15.8. The minimum Gasteiger partial charge on any atom is -0.493 e. The maximum atomic E-state index is 13.0. The molecular weight excluding hydrogens is 444 g/mol. The third-order valence-corrected chi connectivity index (χ3v) is 6.57. The monoisotopic (exact) mass is 474 g/mol. The summed E-state index contributed by atoms with van der Waals surface area (Å²) in [5.41, 5.74) is 1.50. The van der Waals surface area contributed by atoms with E-state index in [4.69, 9.17) is 14.2 Å². The van der Waals surface area contributed by atoms with E-state index in [1.165, 1.54) is 11.3 Å². The zero-order valence-corrected chi connectivity index (χ0v) is 20.0. The third-order valence-electron chi connectivity index (χ3n) is 5.70. The molecule has 9 nitrogen and oxygen atoms in total. The first-order valence-corrected chi connectivity index (χ1v) is 11.8. The molecule has 1 fully saturated rings. The van der Waals surface area contributed by atoms with Crippen molar-refractivity contribution in [2.75, 3.05) is 60.7 Å². The van der Waals surface area contributed by atoms with Crippen LogP contribution in [0, 0.1) is 0 Å². The summed E-state index contributed by atoms with van der Waals surface area (Å²) in [6, 6.07) is 5.59. The zero-order valence-electron chi connectivity index (χ0n) is 19.2. The Morgan fingerprint density at radius 3 is 2.76 bits per heavy atom. The molecule has 0 bridgehead atoms. The Balaban J connectivity index is 1.48. The van der Waals surface area contributed by atoms with Crippen LogP contribution >= 0.6 is 11.3 Å². The number of aromatic nitrogens is 2. The van der Waals surface area contributed by atoms with Crippen molar-refractivity contribution in [3.63, 3.8) is 0 Å². The van der Waals surface area contributed by atoms with Crippen LogP contribution < -0.4 is 15.0 Å². The molecule has 0 radical (unpaired) electrons. The van der Waals surface area contributed by atoms with Crippen LogP contribution in [0.25, 0.3) is 21.3 Å². The van der Waals surface area contributed by atoms with Gasteiger partial charge >= 0.3 is 0 Å². The van der Waals surface area contributed by atoms with Gasteiger partial charge in [0.1, 0.15) is 10.7 Å². The lowest BCUT2D eigenvalue weighted by Gasteiger charge is -2.29. The third kappa shape index (κ3) is 5.53.